The molecule has 0 aliphatic heterocycles. The molecule has 0 aliphatic rings. The summed E-state index contributed by atoms with van der Waals surface area (Å²) < 4.78 is 29.8. The number of aromatic nitrogens is 2. The van der Waals surface area contributed by atoms with Crippen LogP contribution < -0.4 is 10.1 Å². The van der Waals surface area contributed by atoms with Crippen molar-refractivity contribution < 1.29 is 23.1 Å². The molecule has 2 heterocycles. The first-order valence-electron chi connectivity index (χ1n) is 7.90. The number of hydrogen-bond donors (Lipinski definition) is 1. The van der Waals surface area contributed by atoms with Gasteiger partial charge in [-0.25, -0.2) is 19.2 Å². The Hall–Kier alpha value is -2.84. The van der Waals surface area contributed by atoms with E-state index in [9.17, 15) is 9.18 Å². The van der Waals surface area contributed by atoms with Gasteiger partial charge in [-0.15, -0.1) is 0 Å². The number of hydrogen-bond acceptors (Lipinski definition) is 7. The molecular formula is C18H14Cl2FN3O4. The minimum absolute atomic E-state index is 0.0736. The first kappa shape index (κ1) is 19.9. The Labute approximate surface area is 169 Å². The average molecular weight is 426 g/mol. The number of methoxy groups -OCH3 is 2. The van der Waals surface area contributed by atoms with E-state index in [0.717, 1.165) is 6.07 Å². The molecule has 10 heteroatoms. The molecule has 0 spiro atoms. The third-order valence-corrected chi connectivity index (χ3v) is 4.28. The zero-order chi connectivity index (χ0) is 20.3. The fraction of sp³-hybridized carbons (Fsp3) is 0.167. The lowest BCUT2D eigenvalue weighted by Gasteiger charge is -2.14. The lowest BCUT2D eigenvalue weighted by Crippen LogP contribution is -2.12. The molecule has 146 valence electrons. The molecule has 0 saturated heterocycles. The van der Waals surface area contributed by atoms with Crippen molar-refractivity contribution in [1.29, 1.82) is 0 Å². The normalized spacial score (nSPS) is 10.6. The van der Waals surface area contributed by atoms with Crippen LogP contribution in [0, 0.1) is 5.82 Å². The molecule has 0 radical (unpaired) electrons. The molecule has 0 atom stereocenters. The highest BCUT2D eigenvalue weighted by atomic mass is 35.5. The number of halogens is 3. The number of nitrogens with zero attached hydrogens (tertiary/aromatic N) is 2. The van der Waals surface area contributed by atoms with E-state index in [4.69, 9.17) is 37.1 Å². The average Bonchev–Trinajstić information content (AvgIpc) is 3.19. The first-order chi connectivity index (χ1) is 13.4. The molecule has 28 heavy (non-hydrogen) atoms. The summed E-state index contributed by atoms with van der Waals surface area (Å²) in [5.74, 6) is -0.855. The maximum Gasteiger partial charge on any atom is 0.358 e. The van der Waals surface area contributed by atoms with Gasteiger partial charge in [0.05, 0.1) is 32.6 Å². The zero-order valence-electron chi connectivity index (χ0n) is 14.8. The second-order valence-electron chi connectivity index (χ2n) is 5.45. The van der Waals surface area contributed by atoms with Crippen LogP contribution in [0.5, 0.6) is 5.75 Å². The topological polar surface area (TPSA) is 86.5 Å². The molecule has 3 rings (SSSR count). The molecule has 1 aromatic carbocycles. The maximum atomic E-state index is 14.6. The van der Waals surface area contributed by atoms with Gasteiger partial charge < -0.3 is 19.2 Å². The highest BCUT2D eigenvalue weighted by Crippen LogP contribution is 2.36. The Kier molecular flexibility index (Phi) is 6.01. The van der Waals surface area contributed by atoms with Crippen LogP contribution in [0.15, 0.2) is 34.9 Å². The van der Waals surface area contributed by atoms with E-state index in [0.29, 0.717) is 5.76 Å². The number of anilines is 1. The van der Waals surface area contributed by atoms with Crippen LogP contribution in [0.2, 0.25) is 10.0 Å². The highest BCUT2D eigenvalue weighted by molar-refractivity contribution is 6.35. The van der Waals surface area contributed by atoms with Crippen molar-refractivity contribution in [2.75, 3.05) is 19.5 Å². The number of rotatable bonds is 6. The molecule has 7 nitrogen and oxygen atoms in total. The van der Waals surface area contributed by atoms with Crippen LogP contribution in [-0.2, 0) is 11.3 Å². The Morgan fingerprint density at radius 3 is 2.71 bits per heavy atom. The van der Waals surface area contributed by atoms with Crippen molar-refractivity contribution in [2.24, 2.45) is 0 Å². The predicted octanol–water partition coefficient (Wildman–Crippen LogP) is 4.59. The van der Waals surface area contributed by atoms with E-state index in [2.05, 4.69) is 15.3 Å². The Balaban J connectivity index is 2.13. The molecule has 3 aromatic rings. The maximum absolute atomic E-state index is 14.6. The third kappa shape index (κ3) is 4.02. The van der Waals surface area contributed by atoms with Gasteiger partial charge in [-0.05, 0) is 24.3 Å². The van der Waals surface area contributed by atoms with Crippen LogP contribution in [0.1, 0.15) is 16.2 Å². The van der Waals surface area contributed by atoms with Crippen molar-refractivity contribution in [3.63, 3.8) is 0 Å². The lowest BCUT2D eigenvalue weighted by atomic mass is 10.1. The molecule has 1 N–H and O–H groups in total. The van der Waals surface area contributed by atoms with Gasteiger partial charge in [0.1, 0.15) is 28.2 Å². The molecule has 0 fully saturated rings. The minimum atomic E-state index is -0.803. The summed E-state index contributed by atoms with van der Waals surface area (Å²) in [5.41, 5.74) is -0.303. The van der Waals surface area contributed by atoms with Crippen molar-refractivity contribution in [2.45, 2.75) is 6.54 Å². The van der Waals surface area contributed by atoms with Crippen molar-refractivity contribution in [3.05, 3.63) is 57.8 Å². The molecule has 0 aliphatic carbocycles. The van der Waals surface area contributed by atoms with E-state index in [1.54, 1.807) is 12.1 Å². The second-order valence-corrected chi connectivity index (χ2v) is 6.26. The predicted molar refractivity (Wildman–Crippen MR) is 101 cm³/mol. The summed E-state index contributed by atoms with van der Waals surface area (Å²) in [4.78, 5) is 20.4. The number of carbonyl (C=O) groups is 1. The largest absolute Gasteiger partial charge is 0.496 e. The molecule has 2 aromatic heterocycles. The summed E-state index contributed by atoms with van der Waals surface area (Å²) in [5, 5.41) is 3.00. The fourth-order valence-electron chi connectivity index (χ4n) is 2.42. The van der Waals surface area contributed by atoms with Gasteiger partial charge in [0, 0.05) is 5.02 Å². The summed E-state index contributed by atoms with van der Waals surface area (Å²) in [6.07, 6.45) is 1.51. The van der Waals surface area contributed by atoms with Crippen molar-refractivity contribution in [3.8, 4) is 17.1 Å². The smallest absolute Gasteiger partial charge is 0.358 e. The van der Waals surface area contributed by atoms with Crippen LogP contribution in [-0.4, -0.2) is 30.2 Å². The van der Waals surface area contributed by atoms with E-state index >= 15 is 0 Å². The summed E-state index contributed by atoms with van der Waals surface area (Å²) in [7, 11) is 2.53. The summed E-state index contributed by atoms with van der Waals surface area (Å²) in [6.45, 7) is 0.226. The quantitative estimate of drug-likeness (QED) is 0.577. The first-order valence-corrected chi connectivity index (χ1v) is 8.65. The zero-order valence-corrected chi connectivity index (χ0v) is 16.3. The number of carbonyl (C=O) groups excluding carboxylic acids is 1. The van der Waals surface area contributed by atoms with E-state index in [1.807, 2.05) is 0 Å². The van der Waals surface area contributed by atoms with Gasteiger partial charge in [-0.3, -0.25) is 0 Å². The van der Waals surface area contributed by atoms with Crippen LogP contribution in [0.25, 0.3) is 11.4 Å². The van der Waals surface area contributed by atoms with Gasteiger partial charge in [0.15, 0.2) is 11.5 Å². The Bertz CT molecular complexity index is 1010. The highest BCUT2D eigenvalue weighted by Gasteiger charge is 2.24. The van der Waals surface area contributed by atoms with Gasteiger partial charge in [0.2, 0.25) is 0 Å². The number of esters is 1. The number of benzene rings is 1. The van der Waals surface area contributed by atoms with Crippen LogP contribution >= 0.6 is 23.2 Å². The standard InChI is InChI=1S/C18H14Cl2FN3O4/c1-26-12-7-9(19)6-11(21)13(12)16-23-15(18(25)27-2)14(20)17(24-16)22-8-10-4-3-5-28-10/h3-7H,8H2,1-2H3,(H,22,23,24). The van der Waals surface area contributed by atoms with Gasteiger partial charge in [-0.1, -0.05) is 23.2 Å². The second kappa shape index (κ2) is 8.45. The van der Waals surface area contributed by atoms with Crippen molar-refractivity contribution in [1.82, 2.24) is 9.97 Å². The van der Waals surface area contributed by atoms with E-state index in [1.165, 1.54) is 26.5 Å². The molecule has 0 amide bonds. The lowest BCUT2D eigenvalue weighted by molar-refractivity contribution is 0.0594. The van der Waals surface area contributed by atoms with Crippen molar-refractivity contribution >= 4 is 35.0 Å². The van der Waals surface area contributed by atoms with Crippen LogP contribution in [0.4, 0.5) is 10.2 Å². The van der Waals surface area contributed by atoms with Gasteiger partial charge in [0.25, 0.3) is 0 Å². The molecule has 0 bridgehead atoms. The number of nitrogens with one attached hydrogen (secondary N) is 1. The Morgan fingerprint density at radius 1 is 1.29 bits per heavy atom. The number of ether oxygens (including phenoxy) is 2. The molecular weight excluding hydrogens is 412 g/mol. The minimum Gasteiger partial charge on any atom is -0.496 e. The molecule has 0 unspecified atom stereocenters. The van der Waals surface area contributed by atoms with Gasteiger partial charge in [-0.2, -0.15) is 0 Å². The Morgan fingerprint density at radius 2 is 2.07 bits per heavy atom. The summed E-state index contributed by atoms with van der Waals surface area (Å²) >= 11 is 12.1. The fourth-order valence-corrected chi connectivity index (χ4v) is 2.84. The summed E-state index contributed by atoms with van der Waals surface area (Å²) in [6, 6.07) is 5.96. The third-order valence-electron chi connectivity index (χ3n) is 3.70. The number of furan rings is 1. The SMILES string of the molecule is COC(=O)c1nc(-c2c(F)cc(Cl)cc2OC)nc(NCc2ccco2)c1Cl. The monoisotopic (exact) mass is 425 g/mol. The molecule has 0 saturated carbocycles. The van der Waals surface area contributed by atoms with E-state index in [-0.39, 0.29) is 45.2 Å². The van der Waals surface area contributed by atoms with E-state index < -0.39 is 11.8 Å². The van der Waals surface area contributed by atoms with Gasteiger partial charge >= 0.3 is 5.97 Å². The van der Waals surface area contributed by atoms with Crippen LogP contribution in [0.3, 0.4) is 0 Å².